The molecular weight excluding hydrogens is 917 g/mol. The van der Waals surface area contributed by atoms with Crippen molar-refractivity contribution in [2.24, 2.45) is 0 Å². The van der Waals surface area contributed by atoms with E-state index in [-0.39, 0.29) is 88.6 Å². The van der Waals surface area contributed by atoms with Crippen LogP contribution in [0, 0.1) is 67.1 Å². The van der Waals surface area contributed by atoms with Crippen LogP contribution < -0.4 is 18.9 Å². The molecule has 0 amide bonds. The van der Waals surface area contributed by atoms with E-state index in [0.717, 1.165) is 0 Å². The van der Waals surface area contributed by atoms with E-state index in [1.54, 1.807) is 13.8 Å². The van der Waals surface area contributed by atoms with Gasteiger partial charge in [-0.2, -0.15) is 0 Å². The molecule has 2 aliphatic heterocycles. The smallest absolute Gasteiger partial charge is 0 e. The fourth-order valence-corrected chi connectivity index (χ4v) is 3.04. The molecule has 0 saturated carbocycles. The van der Waals surface area contributed by atoms with Crippen LogP contribution in [-0.2, 0) is 78.1 Å². The second-order valence-electron chi connectivity index (χ2n) is 5.63. The van der Waals surface area contributed by atoms with Gasteiger partial charge in [-0.05, 0) is 13.8 Å². The molecule has 220 valence electrons. The topological polar surface area (TPSA) is 288 Å². The van der Waals surface area contributed by atoms with Crippen molar-refractivity contribution in [3.8, 4) is 57.1 Å². The zero-order chi connectivity index (χ0) is 33.2. The molecule has 0 bridgehead atoms. The van der Waals surface area contributed by atoms with Gasteiger partial charge in [0, 0.05) is 40.8 Å². The van der Waals surface area contributed by atoms with Crippen molar-refractivity contribution in [1.82, 2.24) is 0 Å². The van der Waals surface area contributed by atoms with Crippen LogP contribution in [0.4, 0.5) is 0 Å². The SMILES string of the molecule is Cc1c([OH2+])c([OH2+])c(-c2c([OH2+])c([OH2+])c(C)c3c2OCO3)c2c1OCO2.[C-]#[O+].[C-]#[O+].[C-]#[O+].[C-]#[O+].[C-]#[O+].[C-]#[O+].[C-]#[O+].[C-]#[O+].[Re].[Re]. The summed E-state index contributed by atoms with van der Waals surface area (Å²) in [6.07, 6.45) is 0. The molecule has 0 spiro atoms. The molecule has 2 radical (unpaired) electrons. The first-order valence-electron chi connectivity index (χ1n) is 8.85. The van der Waals surface area contributed by atoms with Crippen LogP contribution in [0.2, 0.25) is 0 Å². The van der Waals surface area contributed by atoms with E-state index >= 15 is 0 Å². The zero-order valence-corrected chi connectivity index (χ0v) is 26.5. The molecule has 0 atom stereocenters. The summed E-state index contributed by atoms with van der Waals surface area (Å²) in [7, 11) is 0. The second-order valence-corrected chi connectivity index (χ2v) is 5.63. The van der Waals surface area contributed by atoms with Crippen LogP contribution in [0.1, 0.15) is 11.1 Å². The first kappa shape index (κ1) is 54.2. The fraction of sp³-hybridized carbons (Fsp3) is 0.167. The molecular formula is C24H18O16Re2+4. The molecule has 2 heterocycles. The van der Waals surface area contributed by atoms with Crippen LogP contribution in [0.3, 0.4) is 0 Å². The molecule has 4 rings (SSSR count). The zero-order valence-electron chi connectivity index (χ0n) is 21.1. The molecule has 8 N–H and O–H groups in total. The molecule has 16 nitrogen and oxygen atoms in total. The monoisotopic (exact) mass is 936 g/mol. The summed E-state index contributed by atoms with van der Waals surface area (Å²) >= 11 is 0. The van der Waals surface area contributed by atoms with E-state index in [4.69, 9.17) is 76.6 Å². The molecule has 0 aliphatic carbocycles. The van der Waals surface area contributed by atoms with Crippen LogP contribution in [-0.4, -0.2) is 34.0 Å². The van der Waals surface area contributed by atoms with Gasteiger partial charge in [-0.3, -0.25) is 0 Å². The van der Waals surface area contributed by atoms with Crippen LogP contribution in [0.25, 0.3) is 11.1 Å². The average Bonchev–Trinajstić information content (AvgIpc) is 3.75. The van der Waals surface area contributed by atoms with Crippen LogP contribution in [0.15, 0.2) is 0 Å². The molecule has 2 aromatic rings. The molecule has 2 aromatic carbocycles. The Kier molecular flexibility index (Phi) is 43.0. The summed E-state index contributed by atoms with van der Waals surface area (Å²) in [6, 6.07) is 0. The fourth-order valence-electron chi connectivity index (χ4n) is 3.04. The number of hydrogen-bond acceptors (Lipinski definition) is 4. The summed E-state index contributed by atoms with van der Waals surface area (Å²) in [5.74, 6) is 1.21. The Labute approximate surface area is 265 Å². The first-order chi connectivity index (χ1) is 19.4. The van der Waals surface area contributed by atoms with Gasteiger partial charge in [0.2, 0.25) is 13.6 Å². The third-order valence-electron chi connectivity index (χ3n) is 4.36. The first-order valence-corrected chi connectivity index (χ1v) is 8.85. The van der Waals surface area contributed by atoms with Gasteiger partial charge >= 0.3 is 113 Å². The second kappa shape index (κ2) is 33.3. The standard InChI is InChI=1S/C16H14O8.8CO.2Re/c1-5-9(17)11(19)7(15-13(5)21-3-23-15)8-12(20)10(18)6(2)14-16(8)24-4-22-14;8*1-2;;/h17-20H,3-4H2,1-2H3;;;;;;;;;;/p+4. The molecule has 42 heavy (non-hydrogen) atoms. The predicted octanol–water partition coefficient (Wildman–Crippen LogP) is 0.874. The third-order valence-corrected chi connectivity index (χ3v) is 4.36. The summed E-state index contributed by atoms with van der Waals surface area (Å²) in [5, 5.41) is 33.0. The number of benzene rings is 2. The van der Waals surface area contributed by atoms with E-state index in [1.165, 1.54) is 0 Å². The van der Waals surface area contributed by atoms with Crippen molar-refractivity contribution < 1.29 is 117 Å². The quantitative estimate of drug-likeness (QED) is 0.297. The Bertz CT molecular complexity index is 1110. The Hall–Kier alpha value is -3.92. The molecule has 18 heteroatoms. The number of ether oxygens (including phenoxy) is 4. The minimum absolute atomic E-state index is 0. The van der Waals surface area contributed by atoms with E-state index in [0.29, 0.717) is 34.1 Å². The average molecular weight is 935 g/mol. The third kappa shape index (κ3) is 12.3. The van der Waals surface area contributed by atoms with Crippen molar-refractivity contribution in [2.75, 3.05) is 13.6 Å². The minimum atomic E-state index is -0.0915. The van der Waals surface area contributed by atoms with Crippen molar-refractivity contribution in [1.29, 1.82) is 0 Å². The van der Waals surface area contributed by atoms with Crippen molar-refractivity contribution >= 4 is 0 Å². The summed E-state index contributed by atoms with van der Waals surface area (Å²) in [5.41, 5.74) is 1.49. The van der Waals surface area contributed by atoms with Gasteiger partial charge in [-0.25, -0.2) is 0 Å². The summed E-state index contributed by atoms with van der Waals surface area (Å²) < 4.78 is 81.9. The number of rotatable bonds is 1. The van der Waals surface area contributed by atoms with Gasteiger partial charge in [0.15, 0.2) is 23.0 Å². The molecule has 0 fully saturated rings. The van der Waals surface area contributed by atoms with Crippen LogP contribution >= 0.6 is 0 Å². The van der Waals surface area contributed by atoms with E-state index in [2.05, 4.69) is 53.2 Å². The number of fused-ring (bicyclic) bond motifs is 2. The molecule has 2 aliphatic rings. The van der Waals surface area contributed by atoms with Gasteiger partial charge < -0.3 is 39.4 Å². The summed E-state index contributed by atoms with van der Waals surface area (Å²) in [6.45, 7) is 39.3. The van der Waals surface area contributed by atoms with Gasteiger partial charge in [-0.15, -0.1) is 0 Å². The maximum Gasteiger partial charge on any atom is 0 e. The molecule has 0 saturated heterocycles. The van der Waals surface area contributed by atoms with Gasteiger partial charge in [-0.1, -0.05) is 0 Å². The maximum absolute atomic E-state index is 8.36. The Morgan fingerprint density at radius 2 is 0.595 bits per heavy atom. The van der Waals surface area contributed by atoms with E-state index in [9.17, 15) is 0 Å². The Morgan fingerprint density at radius 3 is 0.810 bits per heavy atom. The van der Waals surface area contributed by atoms with Gasteiger partial charge in [0.1, 0.15) is 22.3 Å². The summed E-state index contributed by atoms with van der Waals surface area (Å²) in [4.78, 5) is 0. The number of hydrogen-bond donors (Lipinski definition) is 0. The van der Waals surface area contributed by atoms with E-state index < -0.39 is 0 Å². The minimum Gasteiger partial charge on any atom is 0 e. The molecule has 0 aromatic heterocycles. The van der Waals surface area contributed by atoms with Crippen LogP contribution in [0.5, 0.6) is 46.0 Å². The van der Waals surface area contributed by atoms with Crippen molar-refractivity contribution in [3.05, 3.63) is 64.3 Å². The maximum atomic E-state index is 8.36. The van der Waals surface area contributed by atoms with Gasteiger partial charge in [0.25, 0.3) is 0 Å². The predicted molar refractivity (Wildman–Crippen MR) is 117 cm³/mol. The van der Waals surface area contributed by atoms with Crippen molar-refractivity contribution in [2.45, 2.75) is 13.8 Å². The molecule has 0 unspecified atom stereocenters. The largest absolute Gasteiger partial charge is 0 e. The van der Waals surface area contributed by atoms with Crippen molar-refractivity contribution in [3.63, 3.8) is 0 Å². The Balaban J connectivity index is -0.000000119. The van der Waals surface area contributed by atoms with Gasteiger partial charge in [0.05, 0.1) is 0 Å². The Morgan fingerprint density at radius 1 is 0.405 bits per heavy atom. The van der Waals surface area contributed by atoms with E-state index in [1.807, 2.05) is 0 Å². The normalized spacial score (nSPS) is 8.52.